The van der Waals surface area contributed by atoms with Crippen molar-refractivity contribution in [3.05, 3.63) is 17.5 Å². The molecule has 2 atom stereocenters. The summed E-state index contributed by atoms with van der Waals surface area (Å²) in [5.74, 6) is -0.562. The number of halogens is 3. The Morgan fingerprint density at radius 2 is 2.27 bits per heavy atom. The zero-order valence-electron chi connectivity index (χ0n) is 12.6. The Hall–Kier alpha value is -1.57. The van der Waals surface area contributed by atoms with E-state index in [2.05, 4.69) is 10.4 Å². The van der Waals surface area contributed by atoms with E-state index in [-0.39, 0.29) is 30.0 Å². The van der Waals surface area contributed by atoms with E-state index in [1.807, 2.05) is 6.92 Å². The minimum atomic E-state index is -4.53. The smallest absolute Gasteiger partial charge is 0.377 e. The number of hydrogen-bond acceptors (Lipinski definition) is 3. The number of amides is 1. The van der Waals surface area contributed by atoms with Crippen molar-refractivity contribution in [1.82, 2.24) is 15.1 Å². The molecule has 0 aliphatic carbocycles. The molecule has 1 amide bonds. The third kappa shape index (κ3) is 3.79. The molecule has 2 heterocycles. The second-order valence-corrected chi connectivity index (χ2v) is 5.46. The van der Waals surface area contributed by atoms with Crippen LogP contribution in [0.5, 0.6) is 0 Å². The molecule has 1 aliphatic heterocycles. The zero-order valence-corrected chi connectivity index (χ0v) is 12.6. The molecule has 1 fully saturated rings. The van der Waals surface area contributed by atoms with E-state index in [9.17, 15) is 18.0 Å². The molecule has 2 unspecified atom stereocenters. The number of alkyl halides is 3. The predicted molar refractivity (Wildman–Crippen MR) is 72.8 cm³/mol. The van der Waals surface area contributed by atoms with Crippen molar-refractivity contribution in [2.24, 2.45) is 13.0 Å². The standard InChI is InChI=1S/C14H20F3N3O2/c1-3-11-10(5-4-6-22-11)13(21)18-7-9-8-20(2)19-12(9)14(15,16)17/h8,10-11H,3-7H2,1-2H3,(H,18,21). The molecule has 124 valence electrons. The molecule has 0 spiro atoms. The van der Waals surface area contributed by atoms with Gasteiger partial charge in [-0.1, -0.05) is 6.92 Å². The second kappa shape index (κ2) is 6.68. The molecule has 1 aliphatic rings. The van der Waals surface area contributed by atoms with Gasteiger partial charge in [0.15, 0.2) is 5.69 Å². The van der Waals surface area contributed by atoms with Gasteiger partial charge >= 0.3 is 6.18 Å². The highest BCUT2D eigenvalue weighted by molar-refractivity contribution is 5.79. The van der Waals surface area contributed by atoms with Crippen LogP contribution in [0.3, 0.4) is 0 Å². The van der Waals surface area contributed by atoms with E-state index >= 15 is 0 Å². The summed E-state index contributed by atoms with van der Waals surface area (Å²) < 4.78 is 45.2. The summed E-state index contributed by atoms with van der Waals surface area (Å²) in [5, 5.41) is 6.01. The lowest BCUT2D eigenvalue weighted by Crippen LogP contribution is -2.41. The van der Waals surface area contributed by atoms with Crippen molar-refractivity contribution in [3.63, 3.8) is 0 Å². The fourth-order valence-electron chi connectivity index (χ4n) is 2.76. The van der Waals surface area contributed by atoms with Gasteiger partial charge in [-0.2, -0.15) is 18.3 Å². The largest absolute Gasteiger partial charge is 0.435 e. The minimum absolute atomic E-state index is 0.0341. The number of nitrogens with one attached hydrogen (secondary N) is 1. The van der Waals surface area contributed by atoms with Crippen molar-refractivity contribution in [2.45, 2.75) is 45.0 Å². The van der Waals surface area contributed by atoms with Crippen LogP contribution in [0.25, 0.3) is 0 Å². The number of nitrogens with zero attached hydrogens (tertiary/aromatic N) is 2. The van der Waals surface area contributed by atoms with Crippen LogP contribution in [0.2, 0.25) is 0 Å². The van der Waals surface area contributed by atoms with Gasteiger partial charge in [-0.25, -0.2) is 0 Å². The molecule has 0 saturated carbocycles. The summed E-state index contributed by atoms with van der Waals surface area (Å²) in [4.78, 5) is 12.2. The molecule has 0 aromatic carbocycles. The van der Waals surface area contributed by atoms with Crippen LogP contribution in [-0.4, -0.2) is 28.4 Å². The number of rotatable bonds is 4. The molecule has 8 heteroatoms. The number of hydrogen-bond donors (Lipinski definition) is 1. The number of carbonyl (C=O) groups excluding carboxylic acids is 1. The van der Waals surface area contributed by atoms with Crippen LogP contribution < -0.4 is 5.32 Å². The fourth-order valence-corrected chi connectivity index (χ4v) is 2.76. The van der Waals surface area contributed by atoms with Gasteiger partial charge in [-0.3, -0.25) is 9.48 Å². The highest BCUT2D eigenvalue weighted by Gasteiger charge is 2.37. The van der Waals surface area contributed by atoms with Gasteiger partial charge in [0.25, 0.3) is 0 Å². The van der Waals surface area contributed by atoms with Crippen molar-refractivity contribution >= 4 is 5.91 Å². The predicted octanol–water partition coefficient (Wildman–Crippen LogP) is 2.26. The van der Waals surface area contributed by atoms with Crippen LogP contribution in [0.1, 0.15) is 37.4 Å². The minimum Gasteiger partial charge on any atom is -0.377 e. The summed E-state index contributed by atoms with van der Waals surface area (Å²) in [7, 11) is 1.42. The highest BCUT2D eigenvalue weighted by Crippen LogP contribution is 2.30. The van der Waals surface area contributed by atoms with Crippen LogP contribution in [-0.2, 0) is 29.3 Å². The van der Waals surface area contributed by atoms with E-state index in [0.29, 0.717) is 19.4 Å². The maximum atomic E-state index is 12.8. The number of aromatic nitrogens is 2. The lowest BCUT2D eigenvalue weighted by Gasteiger charge is -2.30. The molecule has 1 N–H and O–H groups in total. The second-order valence-electron chi connectivity index (χ2n) is 5.46. The van der Waals surface area contributed by atoms with Crippen molar-refractivity contribution < 1.29 is 22.7 Å². The van der Waals surface area contributed by atoms with Gasteiger partial charge in [0, 0.05) is 32.0 Å². The summed E-state index contributed by atoms with van der Waals surface area (Å²) in [6, 6.07) is 0. The van der Waals surface area contributed by atoms with E-state index in [0.717, 1.165) is 11.1 Å². The molecule has 22 heavy (non-hydrogen) atoms. The maximum Gasteiger partial charge on any atom is 0.435 e. The Morgan fingerprint density at radius 3 is 2.91 bits per heavy atom. The Labute approximate surface area is 126 Å². The lowest BCUT2D eigenvalue weighted by molar-refractivity contribution is -0.142. The molecule has 2 rings (SSSR count). The number of aryl methyl sites for hydroxylation is 1. The average molecular weight is 319 g/mol. The molecular formula is C14H20F3N3O2. The van der Waals surface area contributed by atoms with Gasteiger partial charge in [0.1, 0.15) is 0 Å². The van der Waals surface area contributed by atoms with Crippen molar-refractivity contribution in [2.75, 3.05) is 6.61 Å². The summed E-state index contributed by atoms with van der Waals surface area (Å²) in [6.07, 6.45) is -1.22. The van der Waals surface area contributed by atoms with Crippen molar-refractivity contribution in [3.8, 4) is 0 Å². The molecule has 5 nitrogen and oxygen atoms in total. The van der Waals surface area contributed by atoms with Crippen molar-refractivity contribution in [1.29, 1.82) is 0 Å². The Bertz CT molecular complexity index is 528. The molecule has 1 aromatic rings. The summed E-state index contributed by atoms with van der Waals surface area (Å²) in [6.45, 7) is 2.37. The third-order valence-electron chi connectivity index (χ3n) is 3.81. The molecule has 1 aromatic heterocycles. The number of ether oxygens (including phenoxy) is 1. The number of carbonyl (C=O) groups is 1. The first-order valence-corrected chi connectivity index (χ1v) is 7.32. The summed E-state index contributed by atoms with van der Waals surface area (Å²) in [5.41, 5.74) is -0.990. The SMILES string of the molecule is CCC1OCCCC1C(=O)NCc1cn(C)nc1C(F)(F)F. The lowest BCUT2D eigenvalue weighted by atomic mass is 9.92. The highest BCUT2D eigenvalue weighted by atomic mass is 19.4. The Morgan fingerprint density at radius 1 is 1.55 bits per heavy atom. The van der Waals surface area contributed by atoms with E-state index in [1.165, 1.54) is 13.2 Å². The maximum absolute atomic E-state index is 12.8. The molecule has 1 saturated heterocycles. The first-order chi connectivity index (χ1) is 10.3. The Kier molecular flexibility index (Phi) is 5.10. The van der Waals surface area contributed by atoms with Crippen LogP contribution in [0.4, 0.5) is 13.2 Å². The zero-order chi connectivity index (χ0) is 16.3. The fraction of sp³-hybridized carbons (Fsp3) is 0.714. The van der Waals surface area contributed by atoms with Crippen LogP contribution in [0.15, 0.2) is 6.20 Å². The van der Waals surface area contributed by atoms with Gasteiger partial charge in [-0.05, 0) is 19.3 Å². The van der Waals surface area contributed by atoms with Gasteiger partial charge in [-0.15, -0.1) is 0 Å². The summed E-state index contributed by atoms with van der Waals surface area (Å²) >= 11 is 0. The molecule has 0 bridgehead atoms. The molecular weight excluding hydrogens is 299 g/mol. The Balaban J connectivity index is 2.02. The van der Waals surface area contributed by atoms with E-state index in [1.54, 1.807) is 0 Å². The normalized spacial score (nSPS) is 22.6. The monoisotopic (exact) mass is 319 g/mol. The van der Waals surface area contributed by atoms with Crippen LogP contribution in [0, 0.1) is 5.92 Å². The van der Waals surface area contributed by atoms with Gasteiger partial charge in [0.05, 0.1) is 12.0 Å². The van der Waals surface area contributed by atoms with Gasteiger partial charge in [0.2, 0.25) is 5.91 Å². The first kappa shape index (κ1) is 16.8. The topological polar surface area (TPSA) is 56.1 Å². The quantitative estimate of drug-likeness (QED) is 0.926. The molecule has 0 radical (unpaired) electrons. The third-order valence-corrected chi connectivity index (χ3v) is 3.81. The van der Waals surface area contributed by atoms with Crippen LogP contribution >= 0.6 is 0 Å². The van der Waals surface area contributed by atoms with E-state index < -0.39 is 11.9 Å². The van der Waals surface area contributed by atoms with E-state index in [4.69, 9.17) is 4.74 Å². The van der Waals surface area contributed by atoms with Gasteiger partial charge < -0.3 is 10.1 Å². The average Bonchev–Trinajstić information content (AvgIpc) is 2.86. The first-order valence-electron chi connectivity index (χ1n) is 7.32.